The molecule has 0 amide bonds. The van der Waals surface area contributed by atoms with Gasteiger partial charge in [0, 0.05) is 4.91 Å². The molecule has 2 N–H and O–H groups in total. The lowest BCUT2D eigenvalue weighted by molar-refractivity contribution is 1.44. The van der Waals surface area contributed by atoms with Crippen LogP contribution in [0.5, 0.6) is 0 Å². The SMILES string of the molecule is N#Cc1cccc(N=[N+]=[N-])c1N. The molecule has 0 heterocycles. The first-order valence-corrected chi connectivity index (χ1v) is 3.13. The molecule has 0 aliphatic rings. The number of nitrogen functional groups attached to an aromatic ring is 1. The molecule has 0 aromatic heterocycles. The fourth-order valence-electron chi connectivity index (χ4n) is 0.786. The Bertz CT molecular complexity index is 383. The van der Waals surface area contributed by atoms with Crippen molar-refractivity contribution in [1.29, 1.82) is 5.26 Å². The molecule has 0 aliphatic carbocycles. The molecule has 0 atom stereocenters. The van der Waals surface area contributed by atoms with Crippen LogP contribution in [0.1, 0.15) is 5.56 Å². The Hall–Kier alpha value is -2.18. The topological polar surface area (TPSA) is 98.6 Å². The zero-order valence-electron chi connectivity index (χ0n) is 6.10. The molecule has 0 bridgehead atoms. The van der Waals surface area contributed by atoms with E-state index in [4.69, 9.17) is 16.5 Å². The Labute approximate surface area is 68.7 Å². The largest absolute Gasteiger partial charge is 0.397 e. The summed E-state index contributed by atoms with van der Waals surface area (Å²) < 4.78 is 0. The summed E-state index contributed by atoms with van der Waals surface area (Å²) in [7, 11) is 0. The fraction of sp³-hybridized carbons (Fsp3) is 0. The molecule has 1 aromatic carbocycles. The molecular formula is C7H5N5. The molecule has 12 heavy (non-hydrogen) atoms. The molecular weight excluding hydrogens is 154 g/mol. The Morgan fingerprint density at radius 2 is 2.33 bits per heavy atom. The number of hydrogen-bond acceptors (Lipinski definition) is 3. The van der Waals surface area contributed by atoms with E-state index in [2.05, 4.69) is 10.0 Å². The van der Waals surface area contributed by atoms with Crippen molar-refractivity contribution in [3.05, 3.63) is 34.2 Å². The van der Waals surface area contributed by atoms with Crippen molar-refractivity contribution in [2.45, 2.75) is 0 Å². The second-order valence-electron chi connectivity index (χ2n) is 2.04. The zero-order chi connectivity index (χ0) is 8.97. The molecule has 0 unspecified atom stereocenters. The summed E-state index contributed by atoms with van der Waals surface area (Å²) in [5, 5.41) is 11.9. The molecule has 0 aliphatic heterocycles. The van der Waals surface area contributed by atoms with Gasteiger partial charge in [0.15, 0.2) is 0 Å². The maximum absolute atomic E-state index is 8.55. The third-order valence-electron chi connectivity index (χ3n) is 1.36. The van der Waals surface area contributed by atoms with Crippen LogP contribution in [0.4, 0.5) is 11.4 Å². The minimum atomic E-state index is 0.220. The van der Waals surface area contributed by atoms with Gasteiger partial charge in [-0.15, -0.1) is 0 Å². The first-order chi connectivity index (χ1) is 5.79. The van der Waals surface area contributed by atoms with Crippen LogP contribution >= 0.6 is 0 Å². The van der Waals surface area contributed by atoms with Gasteiger partial charge < -0.3 is 5.73 Å². The lowest BCUT2D eigenvalue weighted by Gasteiger charge is -1.98. The number of hydrogen-bond donors (Lipinski definition) is 1. The van der Waals surface area contributed by atoms with Gasteiger partial charge in [-0.1, -0.05) is 17.2 Å². The van der Waals surface area contributed by atoms with Crippen LogP contribution in [0.25, 0.3) is 10.4 Å². The van der Waals surface area contributed by atoms with Gasteiger partial charge in [-0.3, -0.25) is 0 Å². The maximum Gasteiger partial charge on any atom is 0.101 e. The normalized spacial score (nSPS) is 8.25. The molecule has 0 saturated heterocycles. The van der Waals surface area contributed by atoms with E-state index in [1.54, 1.807) is 18.2 Å². The molecule has 1 aromatic rings. The second kappa shape index (κ2) is 3.28. The summed E-state index contributed by atoms with van der Waals surface area (Å²) in [5.41, 5.74) is 14.4. The number of nitrogens with two attached hydrogens (primary N) is 1. The van der Waals surface area contributed by atoms with Crippen LogP contribution in [0.3, 0.4) is 0 Å². The number of benzene rings is 1. The van der Waals surface area contributed by atoms with Gasteiger partial charge in [0.05, 0.1) is 16.9 Å². The predicted molar refractivity (Wildman–Crippen MR) is 44.4 cm³/mol. The molecule has 0 saturated carbocycles. The Balaban J connectivity index is 3.34. The van der Waals surface area contributed by atoms with E-state index in [0.717, 1.165) is 0 Å². The molecule has 0 radical (unpaired) electrons. The summed E-state index contributed by atoms with van der Waals surface area (Å²) >= 11 is 0. The molecule has 1 rings (SSSR count). The van der Waals surface area contributed by atoms with Gasteiger partial charge in [0.1, 0.15) is 6.07 Å². The lowest BCUT2D eigenvalue weighted by Crippen LogP contribution is -1.89. The van der Waals surface area contributed by atoms with Crippen molar-refractivity contribution in [3.8, 4) is 6.07 Å². The van der Waals surface area contributed by atoms with Crippen LogP contribution in [0.15, 0.2) is 23.3 Å². The molecule has 0 fully saturated rings. The van der Waals surface area contributed by atoms with Crippen molar-refractivity contribution in [2.24, 2.45) is 5.11 Å². The Morgan fingerprint density at radius 1 is 1.58 bits per heavy atom. The Morgan fingerprint density at radius 3 is 2.92 bits per heavy atom. The fourth-order valence-corrected chi connectivity index (χ4v) is 0.786. The summed E-state index contributed by atoms with van der Waals surface area (Å²) in [6.07, 6.45) is 0. The number of para-hydroxylation sites is 1. The van der Waals surface area contributed by atoms with Crippen LogP contribution in [0, 0.1) is 11.3 Å². The van der Waals surface area contributed by atoms with E-state index in [9.17, 15) is 0 Å². The summed E-state index contributed by atoms with van der Waals surface area (Å²) in [4.78, 5) is 2.58. The number of nitrogens with zero attached hydrogens (tertiary/aromatic N) is 4. The predicted octanol–water partition coefficient (Wildman–Crippen LogP) is 2.08. The monoisotopic (exact) mass is 159 g/mol. The van der Waals surface area contributed by atoms with Gasteiger partial charge in [0.2, 0.25) is 0 Å². The van der Waals surface area contributed by atoms with Crippen molar-refractivity contribution in [1.82, 2.24) is 0 Å². The average molecular weight is 159 g/mol. The molecule has 5 nitrogen and oxygen atoms in total. The second-order valence-corrected chi connectivity index (χ2v) is 2.04. The minimum Gasteiger partial charge on any atom is -0.397 e. The number of rotatable bonds is 1. The van der Waals surface area contributed by atoms with E-state index >= 15 is 0 Å². The zero-order valence-corrected chi connectivity index (χ0v) is 6.10. The van der Waals surface area contributed by atoms with Crippen LogP contribution in [-0.4, -0.2) is 0 Å². The first-order valence-electron chi connectivity index (χ1n) is 3.13. The quantitative estimate of drug-likeness (QED) is 0.293. The van der Waals surface area contributed by atoms with Gasteiger partial charge in [-0.25, -0.2) is 0 Å². The average Bonchev–Trinajstić information content (AvgIpc) is 2.09. The van der Waals surface area contributed by atoms with Gasteiger partial charge in [-0.05, 0) is 11.6 Å². The van der Waals surface area contributed by atoms with E-state index < -0.39 is 0 Å². The van der Waals surface area contributed by atoms with Crippen LogP contribution in [0.2, 0.25) is 0 Å². The van der Waals surface area contributed by atoms with Gasteiger partial charge in [0.25, 0.3) is 0 Å². The summed E-state index contributed by atoms with van der Waals surface area (Å²) in [6, 6.07) is 6.61. The lowest BCUT2D eigenvalue weighted by atomic mass is 10.2. The summed E-state index contributed by atoms with van der Waals surface area (Å²) in [6.45, 7) is 0. The first kappa shape index (κ1) is 7.92. The number of nitriles is 1. The third kappa shape index (κ3) is 1.29. The van der Waals surface area contributed by atoms with Crippen molar-refractivity contribution >= 4 is 11.4 Å². The highest BCUT2D eigenvalue weighted by atomic mass is 15.1. The molecule has 0 spiro atoms. The minimum absolute atomic E-state index is 0.220. The van der Waals surface area contributed by atoms with E-state index in [-0.39, 0.29) is 11.4 Å². The highest BCUT2D eigenvalue weighted by molar-refractivity contribution is 5.69. The van der Waals surface area contributed by atoms with Gasteiger partial charge in [-0.2, -0.15) is 5.26 Å². The standard InChI is InChI=1S/C7H5N5/c8-4-5-2-1-3-6(7(5)9)11-12-10/h1-3H,9H2. The Kier molecular flexibility index (Phi) is 2.17. The smallest absolute Gasteiger partial charge is 0.101 e. The van der Waals surface area contributed by atoms with E-state index in [0.29, 0.717) is 5.56 Å². The van der Waals surface area contributed by atoms with Crippen LogP contribution < -0.4 is 5.73 Å². The van der Waals surface area contributed by atoms with Crippen molar-refractivity contribution in [3.63, 3.8) is 0 Å². The maximum atomic E-state index is 8.55. The van der Waals surface area contributed by atoms with E-state index in [1.165, 1.54) is 0 Å². The van der Waals surface area contributed by atoms with Gasteiger partial charge >= 0.3 is 0 Å². The number of anilines is 1. The highest BCUT2D eigenvalue weighted by Gasteiger charge is 2.00. The molecule has 58 valence electrons. The highest BCUT2D eigenvalue weighted by Crippen LogP contribution is 2.24. The summed E-state index contributed by atoms with van der Waals surface area (Å²) in [5.74, 6) is 0. The molecule has 5 heteroatoms. The van der Waals surface area contributed by atoms with Crippen molar-refractivity contribution < 1.29 is 0 Å². The van der Waals surface area contributed by atoms with E-state index in [1.807, 2.05) is 6.07 Å². The van der Waals surface area contributed by atoms with Crippen LogP contribution in [-0.2, 0) is 0 Å². The van der Waals surface area contributed by atoms with Crippen molar-refractivity contribution in [2.75, 3.05) is 5.73 Å². The number of azide groups is 1. The third-order valence-corrected chi connectivity index (χ3v) is 1.36.